The molecule has 2 aromatic rings. The normalized spacial score (nSPS) is 16.0. The third-order valence-electron chi connectivity index (χ3n) is 5.52. The van der Waals surface area contributed by atoms with Gasteiger partial charge in [-0.25, -0.2) is 19.2 Å². The highest BCUT2D eigenvalue weighted by Crippen LogP contribution is 2.69. The molecule has 0 aromatic carbocycles. The maximum absolute atomic E-state index is 13.7. The number of thioether (sulfide) groups is 3. The molecule has 15 heteroatoms. The van der Waals surface area contributed by atoms with Crippen molar-refractivity contribution >= 4 is 90.1 Å². The van der Waals surface area contributed by atoms with Gasteiger partial charge in [0.05, 0.1) is 47.3 Å². The summed E-state index contributed by atoms with van der Waals surface area (Å²) in [4.78, 5) is 66.7. The van der Waals surface area contributed by atoms with Crippen LogP contribution in [0.2, 0.25) is 0 Å². The van der Waals surface area contributed by atoms with Crippen LogP contribution in [-0.4, -0.2) is 54.9 Å². The summed E-state index contributed by atoms with van der Waals surface area (Å²) >= 11 is 2.86. The van der Waals surface area contributed by atoms with Crippen LogP contribution in [0.15, 0.2) is 30.0 Å². The molecular weight excluding hydrogens is 607 g/mol. The molecule has 0 saturated heterocycles. The number of ether oxygens (including phenoxy) is 4. The molecule has 10 nitrogen and oxygen atoms in total. The minimum Gasteiger partial charge on any atom is -0.463 e. The molecule has 39 heavy (non-hydrogen) atoms. The number of esters is 4. The number of hydrogen-bond donors (Lipinski definition) is 0. The molecule has 0 atom stereocenters. The van der Waals surface area contributed by atoms with Crippen molar-refractivity contribution in [2.75, 3.05) is 26.4 Å². The summed E-state index contributed by atoms with van der Waals surface area (Å²) in [6.07, 6.45) is 0. The monoisotopic (exact) mass is 631 g/mol. The Morgan fingerprint density at radius 1 is 0.718 bits per heavy atom. The number of rotatable bonds is 9. The van der Waals surface area contributed by atoms with Crippen molar-refractivity contribution in [2.24, 2.45) is 0 Å². The number of carbonyl (C=O) groups is 4. The highest BCUT2D eigenvalue weighted by atomic mass is 32.9. The van der Waals surface area contributed by atoms with Crippen LogP contribution >= 0.6 is 56.0 Å². The first-order valence-corrected chi connectivity index (χ1v) is 16.7. The smallest absolute Gasteiger partial charge is 0.346 e. The highest BCUT2D eigenvalue weighted by Gasteiger charge is 2.59. The van der Waals surface area contributed by atoms with Crippen molar-refractivity contribution in [1.29, 1.82) is 0 Å². The fraction of sp³-hybridized carbons (Fsp3) is 0.458. The average Bonchev–Trinajstić information content (AvgIpc) is 3.57. The molecule has 0 N–H and O–H groups in total. The van der Waals surface area contributed by atoms with Crippen LogP contribution in [0.5, 0.6) is 0 Å². The van der Waals surface area contributed by atoms with Gasteiger partial charge in [-0.3, -0.25) is 4.79 Å². The summed E-state index contributed by atoms with van der Waals surface area (Å²) in [5, 5.41) is 0. The molecular formula is C24H25NO9S5. The molecule has 0 fully saturated rings. The number of fused-ring (bicyclic) bond motifs is 4. The first-order chi connectivity index (χ1) is 18.7. The van der Waals surface area contributed by atoms with Gasteiger partial charge in [-0.15, -0.1) is 0 Å². The minimum absolute atomic E-state index is 0.0144. The maximum atomic E-state index is 13.7. The molecule has 0 amide bonds. The third-order valence-corrected chi connectivity index (χ3v) is 12.2. The largest absolute Gasteiger partial charge is 0.463 e. The van der Waals surface area contributed by atoms with Crippen LogP contribution < -0.4 is 4.74 Å². The molecule has 1 spiro atoms. The quantitative estimate of drug-likeness (QED) is 0.218. The zero-order chi connectivity index (χ0) is 28.5. The maximum Gasteiger partial charge on any atom is 0.346 e. The van der Waals surface area contributed by atoms with Gasteiger partial charge in [0, 0.05) is 6.54 Å². The van der Waals surface area contributed by atoms with Crippen LogP contribution in [0.1, 0.15) is 40.3 Å². The van der Waals surface area contributed by atoms with Crippen molar-refractivity contribution in [3.63, 3.8) is 0 Å². The van der Waals surface area contributed by atoms with E-state index in [9.17, 15) is 24.0 Å². The zero-order valence-corrected chi connectivity index (χ0v) is 25.8. The van der Waals surface area contributed by atoms with Crippen molar-refractivity contribution in [3.8, 4) is 0 Å². The molecule has 0 saturated carbocycles. The standard InChI is InChI=1S/C24H25NO9S5/c1-6-25-12-14(38-39-23(12)30)15-18(25)24(11(19(26)31-7-2)13(35-15)20(27)32-8-3)36-16(21(28)33-9-4)17(37-24)22(29)34-10-5/h6-10H2,1-5H3. The Balaban J connectivity index is 2.10. The fourth-order valence-electron chi connectivity index (χ4n) is 4.16. The van der Waals surface area contributed by atoms with E-state index in [-0.39, 0.29) is 51.5 Å². The Morgan fingerprint density at radius 3 is 1.69 bits per heavy atom. The third kappa shape index (κ3) is 4.96. The summed E-state index contributed by atoms with van der Waals surface area (Å²) in [7, 11) is 2.34. The molecule has 4 heterocycles. The molecule has 0 radical (unpaired) electrons. The minimum atomic E-state index is -1.55. The lowest BCUT2D eigenvalue weighted by molar-refractivity contribution is -0.141. The van der Waals surface area contributed by atoms with Crippen molar-refractivity contribution in [3.05, 3.63) is 35.5 Å². The number of nitrogens with zero attached hydrogens (tertiary/aromatic N) is 1. The summed E-state index contributed by atoms with van der Waals surface area (Å²) in [5.41, 5.74) is 0.863. The molecule has 0 unspecified atom stereocenters. The number of aryl methyl sites for hydroxylation is 1. The Kier molecular flexibility index (Phi) is 9.26. The van der Waals surface area contributed by atoms with Crippen LogP contribution in [0.25, 0.3) is 10.2 Å². The van der Waals surface area contributed by atoms with E-state index in [4.69, 9.17) is 18.9 Å². The van der Waals surface area contributed by atoms with Gasteiger partial charge in [0.1, 0.15) is 24.3 Å². The predicted molar refractivity (Wildman–Crippen MR) is 153 cm³/mol. The Morgan fingerprint density at radius 2 is 1.21 bits per heavy atom. The van der Waals surface area contributed by atoms with E-state index in [1.54, 1.807) is 32.3 Å². The summed E-state index contributed by atoms with van der Waals surface area (Å²) in [6, 6.07) is 0. The zero-order valence-electron chi connectivity index (χ0n) is 21.7. The SMILES string of the molecule is CCOC(=O)C1=C(C(=O)OCC)SC2(S1)C(C(=O)OCC)=C(C(=O)OCC)Sc1c2n(CC)c2c(=O)ssc12. The van der Waals surface area contributed by atoms with Gasteiger partial charge in [-0.2, -0.15) is 0 Å². The average molecular weight is 632 g/mol. The molecule has 2 aliphatic heterocycles. The molecule has 0 bridgehead atoms. The van der Waals surface area contributed by atoms with E-state index >= 15 is 0 Å². The van der Waals surface area contributed by atoms with Gasteiger partial charge in [-0.1, -0.05) is 45.6 Å². The number of aromatic nitrogens is 1. The lowest BCUT2D eigenvalue weighted by Gasteiger charge is -2.36. The molecule has 0 aliphatic carbocycles. The van der Waals surface area contributed by atoms with Gasteiger partial charge >= 0.3 is 23.9 Å². The fourth-order valence-corrected chi connectivity index (χ4v) is 11.6. The van der Waals surface area contributed by atoms with Crippen molar-refractivity contribution < 1.29 is 38.1 Å². The van der Waals surface area contributed by atoms with E-state index in [2.05, 4.69) is 0 Å². The summed E-state index contributed by atoms with van der Waals surface area (Å²) < 4.78 is 22.0. The Bertz CT molecular complexity index is 1450. The summed E-state index contributed by atoms with van der Waals surface area (Å²) in [5.74, 6) is -3.08. The second-order valence-electron chi connectivity index (χ2n) is 7.72. The molecule has 2 aromatic heterocycles. The predicted octanol–water partition coefficient (Wildman–Crippen LogP) is 4.60. The molecule has 210 valence electrons. The first-order valence-electron chi connectivity index (χ1n) is 12.1. The Hall–Kier alpha value is -2.20. The van der Waals surface area contributed by atoms with Gasteiger partial charge in [-0.05, 0) is 45.0 Å². The second kappa shape index (κ2) is 12.1. The second-order valence-corrected chi connectivity index (χ2v) is 13.6. The lowest BCUT2D eigenvalue weighted by Crippen LogP contribution is -2.34. The molecule has 2 aliphatic rings. The van der Waals surface area contributed by atoms with Gasteiger partial charge < -0.3 is 23.5 Å². The van der Waals surface area contributed by atoms with Crippen LogP contribution in [0.3, 0.4) is 0 Å². The summed E-state index contributed by atoms with van der Waals surface area (Å²) in [6.45, 7) is 8.92. The van der Waals surface area contributed by atoms with Gasteiger partial charge in [0.15, 0.2) is 0 Å². The van der Waals surface area contributed by atoms with Gasteiger partial charge in [0.25, 0.3) is 4.74 Å². The van der Waals surface area contributed by atoms with E-state index in [0.29, 0.717) is 27.4 Å². The van der Waals surface area contributed by atoms with E-state index in [1.807, 2.05) is 6.92 Å². The number of carbonyl (C=O) groups excluding carboxylic acids is 4. The van der Waals surface area contributed by atoms with Gasteiger partial charge in [0.2, 0.25) is 0 Å². The van der Waals surface area contributed by atoms with Crippen molar-refractivity contribution in [2.45, 2.75) is 50.1 Å². The van der Waals surface area contributed by atoms with E-state index < -0.39 is 28.0 Å². The number of hydrogen-bond acceptors (Lipinski definition) is 14. The topological polar surface area (TPSA) is 127 Å². The highest BCUT2D eigenvalue weighted by molar-refractivity contribution is 8.25. The van der Waals surface area contributed by atoms with Crippen molar-refractivity contribution in [1.82, 2.24) is 4.57 Å². The van der Waals surface area contributed by atoms with Crippen LogP contribution in [0.4, 0.5) is 0 Å². The van der Waals surface area contributed by atoms with E-state index in [1.165, 1.54) is 10.3 Å². The van der Waals surface area contributed by atoms with Crippen LogP contribution in [0, 0.1) is 0 Å². The first kappa shape index (κ1) is 29.8. The molecule has 4 rings (SSSR count). The van der Waals surface area contributed by atoms with Crippen LogP contribution in [-0.2, 0) is 48.7 Å². The Labute approximate surface area is 243 Å². The lowest BCUT2D eigenvalue weighted by atomic mass is 10.1. The van der Waals surface area contributed by atoms with E-state index in [0.717, 1.165) is 45.6 Å².